The summed E-state index contributed by atoms with van der Waals surface area (Å²) in [5.74, 6) is -13.7. The zero-order valence-electron chi connectivity index (χ0n) is 17.1. The van der Waals surface area contributed by atoms with Gasteiger partial charge in [0.25, 0.3) is 0 Å². The first-order chi connectivity index (χ1) is 16.0. The number of hydrogen-bond acceptors (Lipinski definition) is 5. The summed E-state index contributed by atoms with van der Waals surface area (Å²) in [4.78, 5) is 4.32. The second-order valence-electron chi connectivity index (χ2n) is 7.68. The number of benzene rings is 2. The van der Waals surface area contributed by atoms with Gasteiger partial charge in [0.05, 0.1) is 10.9 Å². The van der Waals surface area contributed by atoms with Gasteiger partial charge >= 0.3 is 0 Å². The van der Waals surface area contributed by atoms with Crippen LogP contribution in [0.3, 0.4) is 0 Å². The van der Waals surface area contributed by atoms with Crippen LogP contribution in [0.4, 0.5) is 35.9 Å². The van der Waals surface area contributed by atoms with Crippen LogP contribution in [0.1, 0.15) is 24.1 Å². The predicted molar refractivity (Wildman–Crippen MR) is 110 cm³/mol. The van der Waals surface area contributed by atoms with Crippen LogP contribution in [-0.2, 0) is 16.3 Å². The Morgan fingerprint density at radius 1 is 0.882 bits per heavy atom. The van der Waals surface area contributed by atoms with E-state index in [1.807, 2.05) is 0 Å². The Morgan fingerprint density at radius 3 is 2.06 bits per heavy atom. The molecule has 2 aromatic carbocycles. The molecule has 34 heavy (non-hydrogen) atoms. The minimum atomic E-state index is -4.84. The van der Waals surface area contributed by atoms with Gasteiger partial charge in [-0.25, -0.2) is 44.1 Å². The monoisotopic (exact) mass is 524 g/mol. The van der Waals surface area contributed by atoms with Gasteiger partial charge in [0.15, 0.2) is 49.9 Å². The second kappa shape index (κ2) is 9.17. The second-order valence-corrected chi connectivity index (χ2v) is 10.7. The van der Waals surface area contributed by atoms with Crippen molar-refractivity contribution in [3.63, 3.8) is 0 Å². The van der Waals surface area contributed by atoms with Gasteiger partial charge < -0.3 is 4.90 Å². The molecule has 0 aliphatic carbocycles. The maximum Gasteiger partial charge on any atom is 0.200 e. The average molecular weight is 524 g/mol. The van der Waals surface area contributed by atoms with E-state index in [2.05, 4.69) is 4.98 Å². The minimum absolute atomic E-state index is 0.109. The van der Waals surface area contributed by atoms with E-state index in [1.165, 1.54) is 17.4 Å². The number of thiazole rings is 1. The lowest BCUT2D eigenvalue weighted by molar-refractivity contribution is 0.356. The molecule has 0 saturated carbocycles. The van der Waals surface area contributed by atoms with E-state index >= 15 is 0 Å². The Labute approximate surface area is 193 Å². The summed E-state index contributed by atoms with van der Waals surface area (Å²) >= 11 is 1.23. The molecule has 0 N–H and O–H groups in total. The number of anilines is 1. The van der Waals surface area contributed by atoms with Crippen molar-refractivity contribution in [3.8, 4) is 0 Å². The van der Waals surface area contributed by atoms with E-state index in [9.17, 15) is 39.2 Å². The largest absolute Gasteiger partial charge is 0.348 e. The van der Waals surface area contributed by atoms with Gasteiger partial charge in [-0.05, 0) is 30.5 Å². The molecular formula is C21H15F7N2O2S2. The van der Waals surface area contributed by atoms with E-state index in [4.69, 9.17) is 0 Å². The minimum Gasteiger partial charge on any atom is -0.348 e. The molecule has 4 nitrogen and oxygen atoms in total. The molecule has 0 spiro atoms. The molecule has 4 rings (SSSR count). The summed E-state index contributed by atoms with van der Waals surface area (Å²) in [6, 6.07) is 3.49. The van der Waals surface area contributed by atoms with Crippen LogP contribution in [0.5, 0.6) is 0 Å². The van der Waals surface area contributed by atoms with Gasteiger partial charge in [-0.1, -0.05) is 6.07 Å². The quantitative estimate of drug-likeness (QED) is 0.201. The van der Waals surface area contributed by atoms with Crippen LogP contribution in [-0.4, -0.2) is 31.7 Å². The fraction of sp³-hybridized carbons (Fsp3) is 0.286. The Kier molecular flexibility index (Phi) is 6.60. The molecule has 1 aliphatic heterocycles. The number of piperidine rings is 1. The van der Waals surface area contributed by atoms with Gasteiger partial charge in [-0.15, -0.1) is 11.3 Å². The highest BCUT2D eigenvalue weighted by Gasteiger charge is 2.39. The van der Waals surface area contributed by atoms with Gasteiger partial charge in [0, 0.05) is 24.9 Å². The number of rotatable bonds is 5. The third-order valence-corrected chi connectivity index (χ3v) is 8.74. The standard InChI is InChI=1S/C21H15F7N2O2S2/c22-13-2-1-10(8-14(13)23)7-11-9-33-21(29-11)30-5-3-12(4-6-30)34(31,32)20-18(27)16(25)15(24)17(26)19(20)28/h1-2,8-9,12H,3-7H2. The third kappa shape index (κ3) is 4.38. The fourth-order valence-corrected chi connectivity index (χ4v) is 6.46. The summed E-state index contributed by atoms with van der Waals surface area (Å²) in [6.45, 7) is 0.217. The number of sulfone groups is 1. The zero-order valence-corrected chi connectivity index (χ0v) is 18.7. The van der Waals surface area contributed by atoms with Crippen LogP contribution in [0.25, 0.3) is 0 Å². The van der Waals surface area contributed by atoms with E-state index in [0.29, 0.717) is 16.4 Å². The van der Waals surface area contributed by atoms with Gasteiger partial charge in [-0.3, -0.25) is 0 Å². The van der Waals surface area contributed by atoms with Crippen LogP contribution >= 0.6 is 11.3 Å². The highest BCUT2D eigenvalue weighted by molar-refractivity contribution is 7.92. The zero-order chi connectivity index (χ0) is 24.8. The fourth-order valence-electron chi connectivity index (χ4n) is 3.74. The maximum absolute atomic E-state index is 14.1. The highest BCUT2D eigenvalue weighted by atomic mass is 32.2. The Balaban J connectivity index is 1.47. The first-order valence-electron chi connectivity index (χ1n) is 9.89. The summed E-state index contributed by atoms with van der Waals surface area (Å²) in [7, 11) is -4.84. The van der Waals surface area contributed by atoms with Crippen molar-refractivity contribution in [3.05, 3.63) is 75.6 Å². The van der Waals surface area contributed by atoms with Gasteiger partial charge in [0.1, 0.15) is 4.90 Å². The number of aromatic nitrogens is 1. The smallest absolute Gasteiger partial charge is 0.200 e. The maximum atomic E-state index is 14.1. The molecule has 13 heteroatoms. The van der Waals surface area contributed by atoms with Crippen molar-refractivity contribution >= 4 is 26.3 Å². The van der Waals surface area contributed by atoms with E-state index < -0.39 is 60.7 Å². The molecule has 0 amide bonds. The molecular weight excluding hydrogens is 509 g/mol. The van der Waals surface area contributed by atoms with Crippen molar-refractivity contribution in [2.45, 2.75) is 29.4 Å². The Hall–Kier alpha value is -2.67. The highest BCUT2D eigenvalue weighted by Crippen LogP contribution is 2.34. The van der Waals surface area contributed by atoms with Gasteiger partial charge in [-0.2, -0.15) is 0 Å². The van der Waals surface area contributed by atoms with E-state index in [1.54, 1.807) is 10.3 Å². The van der Waals surface area contributed by atoms with E-state index in [0.717, 1.165) is 12.1 Å². The first-order valence-corrected chi connectivity index (χ1v) is 12.3. The van der Waals surface area contributed by atoms with Crippen molar-refractivity contribution in [2.24, 2.45) is 0 Å². The van der Waals surface area contributed by atoms with Crippen molar-refractivity contribution in [1.29, 1.82) is 0 Å². The normalized spacial score (nSPS) is 15.2. The van der Waals surface area contributed by atoms with Crippen LogP contribution in [0.2, 0.25) is 0 Å². The Bertz CT molecular complexity index is 1320. The first kappa shape index (κ1) is 24.5. The summed E-state index contributed by atoms with van der Waals surface area (Å²) in [5.41, 5.74) is 1.07. The molecule has 1 aliphatic rings. The summed E-state index contributed by atoms with van der Waals surface area (Å²) in [5, 5.41) is 0.872. The summed E-state index contributed by atoms with van der Waals surface area (Å²) < 4.78 is 120. The molecule has 1 aromatic heterocycles. The lowest BCUT2D eigenvalue weighted by atomic mass is 10.1. The molecule has 2 heterocycles. The van der Waals surface area contributed by atoms with Gasteiger partial charge in [0.2, 0.25) is 5.82 Å². The molecule has 1 fully saturated rings. The van der Waals surface area contributed by atoms with E-state index in [-0.39, 0.29) is 32.4 Å². The predicted octanol–water partition coefficient (Wildman–Crippen LogP) is 5.15. The Morgan fingerprint density at radius 2 is 1.47 bits per heavy atom. The molecule has 1 saturated heterocycles. The van der Waals surface area contributed by atoms with Crippen molar-refractivity contribution in [2.75, 3.05) is 18.0 Å². The van der Waals surface area contributed by atoms with Crippen molar-refractivity contribution in [1.82, 2.24) is 4.98 Å². The van der Waals surface area contributed by atoms with Crippen molar-refractivity contribution < 1.29 is 39.2 Å². The summed E-state index contributed by atoms with van der Waals surface area (Å²) in [6.07, 6.45) is -0.0153. The number of nitrogens with zero attached hydrogens (tertiary/aromatic N) is 2. The number of halogens is 7. The van der Waals surface area contributed by atoms with Crippen LogP contribution in [0, 0.1) is 40.7 Å². The molecule has 182 valence electrons. The lowest BCUT2D eigenvalue weighted by Crippen LogP contribution is -2.40. The molecule has 0 unspecified atom stereocenters. The van der Waals surface area contributed by atoms with Crippen LogP contribution in [0.15, 0.2) is 28.5 Å². The topological polar surface area (TPSA) is 50.3 Å². The molecule has 3 aromatic rings. The molecule has 0 atom stereocenters. The average Bonchev–Trinajstić information content (AvgIpc) is 3.27. The molecule has 0 radical (unpaired) electrons. The third-order valence-electron chi connectivity index (χ3n) is 5.51. The SMILES string of the molecule is O=S(=O)(c1c(F)c(F)c(F)c(F)c1F)C1CCN(c2nc(Cc3ccc(F)c(F)c3)cs2)CC1. The van der Waals surface area contributed by atoms with Crippen LogP contribution < -0.4 is 4.90 Å². The molecule has 0 bridgehead atoms. The number of hydrogen-bond donors (Lipinski definition) is 0. The lowest BCUT2D eigenvalue weighted by Gasteiger charge is -2.31.